The van der Waals surface area contributed by atoms with Crippen molar-refractivity contribution in [3.8, 4) is 0 Å². The number of nitrogens with zero attached hydrogens (tertiary/aromatic N) is 2. The predicted molar refractivity (Wildman–Crippen MR) is 84.3 cm³/mol. The molecule has 21 heavy (non-hydrogen) atoms. The van der Waals surface area contributed by atoms with E-state index in [1.807, 2.05) is 31.5 Å². The summed E-state index contributed by atoms with van der Waals surface area (Å²) in [6.07, 6.45) is 4.95. The molecule has 5 heteroatoms. The molecule has 1 aromatic heterocycles. The Bertz CT molecular complexity index is 655. The zero-order valence-corrected chi connectivity index (χ0v) is 12.6. The normalized spacial score (nSPS) is 22.4. The number of rotatable bonds is 3. The molecule has 1 amide bonds. The van der Waals surface area contributed by atoms with Gasteiger partial charge in [0.05, 0.1) is 22.9 Å². The van der Waals surface area contributed by atoms with E-state index in [-0.39, 0.29) is 5.91 Å². The second kappa shape index (κ2) is 5.48. The molecule has 1 aliphatic heterocycles. The Hall–Kier alpha value is -1.88. The number of hydrogen-bond acceptors (Lipinski definition) is 3. The van der Waals surface area contributed by atoms with Crippen LogP contribution in [0.4, 0.5) is 5.69 Å². The Balaban J connectivity index is 1.79. The van der Waals surface area contributed by atoms with Crippen LogP contribution in [-0.2, 0) is 11.3 Å². The topological polar surface area (TPSA) is 59.0 Å². The summed E-state index contributed by atoms with van der Waals surface area (Å²) in [6, 6.07) is 5.89. The van der Waals surface area contributed by atoms with Crippen LogP contribution >= 0.6 is 0 Å². The molecule has 5 nitrogen and oxygen atoms in total. The van der Waals surface area contributed by atoms with E-state index in [1.165, 1.54) is 0 Å². The number of nitrogens with one attached hydrogen (secondary N) is 2. The molecule has 112 valence electrons. The van der Waals surface area contributed by atoms with E-state index in [1.54, 1.807) is 0 Å². The molecule has 1 aromatic carbocycles. The minimum absolute atomic E-state index is 0.0384. The van der Waals surface area contributed by atoms with Crippen LogP contribution in [0.15, 0.2) is 24.5 Å². The molecule has 0 spiro atoms. The largest absolute Gasteiger partial charge is 0.331 e. The van der Waals surface area contributed by atoms with Gasteiger partial charge in [0.1, 0.15) is 0 Å². The fourth-order valence-electron chi connectivity index (χ4n) is 2.91. The summed E-state index contributed by atoms with van der Waals surface area (Å²) in [5.74, 6) is 0.0384. The smallest absolute Gasteiger partial charge is 0.244 e. The maximum atomic E-state index is 12.5. The standard InChI is InChI=1S/C16H22N4O/c1-3-20-11-17-13-10-12(6-7-14(13)20)19-15(21)16(2)8-4-5-9-18-16/h6-7,10-11,18H,3-5,8-9H2,1-2H3,(H,19,21). The van der Waals surface area contributed by atoms with Gasteiger partial charge in [-0.1, -0.05) is 0 Å². The summed E-state index contributed by atoms with van der Waals surface area (Å²) in [5.41, 5.74) is 2.35. The average Bonchev–Trinajstić information content (AvgIpc) is 2.90. The van der Waals surface area contributed by atoms with Gasteiger partial charge in [0.25, 0.3) is 0 Å². The molecule has 1 fully saturated rings. The van der Waals surface area contributed by atoms with Crippen molar-refractivity contribution in [3.05, 3.63) is 24.5 Å². The van der Waals surface area contributed by atoms with Crippen LogP contribution in [0.25, 0.3) is 11.0 Å². The minimum atomic E-state index is -0.462. The Morgan fingerprint density at radius 3 is 3.05 bits per heavy atom. The second-order valence-electron chi connectivity index (χ2n) is 5.90. The van der Waals surface area contributed by atoms with Gasteiger partial charge >= 0.3 is 0 Å². The first-order chi connectivity index (χ1) is 10.1. The molecule has 0 radical (unpaired) electrons. The van der Waals surface area contributed by atoms with Crippen LogP contribution in [0.5, 0.6) is 0 Å². The lowest BCUT2D eigenvalue weighted by Gasteiger charge is -2.33. The number of aryl methyl sites for hydroxylation is 1. The molecule has 2 N–H and O–H groups in total. The average molecular weight is 286 g/mol. The number of amides is 1. The van der Waals surface area contributed by atoms with Crippen LogP contribution in [-0.4, -0.2) is 27.5 Å². The van der Waals surface area contributed by atoms with E-state index in [0.717, 1.165) is 49.1 Å². The van der Waals surface area contributed by atoms with Gasteiger partial charge in [0.2, 0.25) is 5.91 Å². The number of imidazole rings is 1. The van der Waals surface area contributed by atoms with Gasteiger partial charge in [0.15, 0.2) is 0 Å². The summed E-state index contributed by atoms with van der Waals surface area (Å²) in [7, 11) is 0. The highest BCUT2D eigenvalue weighted by Crippen LogP contribution is 2.23. The SMILES string of the molecule is CCn1cnc2cc(NC(=O)C3(C)CCCCN3)ccc21. The highest BCUT2D eigenvalue weighted by Gasteiger charge is 2.34. The zero-order valence-electron chi connectivity index (χ0n) is 12.6. The van der Waals surface area contributed by atoms with Crippen LogP contribution < -0.4 is 10.6 Å². The summed E-state index contributed by atoms with van der Waals surface area (Å²) < 4.78 is 2.09. The first kappa shape index (κ1) is 14.1. The second-order valence-corrected chi connectivity index (χ2v) is 5.90. The van der Waals surface area contributed by atoms with Crippen LogP contribution in [0.1, 0.15) is 33.1 Å². The molecule has 0 saturated carbocycles. The number of carbonyl (C=O) groups is 1. The fraction of sp³-hybridized carbons (Fsp3) is 0.500. The minimum Gasteiger partial charge on any atom is -0.331 e. The Morgan fingerprint density at radius 2 is 2.33 bits per heavy atom. The number of benzene rings is 1. The molecule has 0 aliphatic carbocycles. The number of anilines is 1. The lowest BCUT2D eigenvalue weighted by molar-refractivity contribution is -0.122. The number of fused-ring (bicyclic) bond motifs is 1. The van der Waals surface area contributed by atoms with Gasteiger partial charge < -0.3 is 15.2 Å². The van der Waals surface area contributed by atoms with Crippen LogP contribution in [0.3, 0.4) is 0 Å². The number of carbonyl (C=O) groups excluding carboxylic acids is 1. The van der Waals surface area contributed by atoms with Gasteiger partial charge in [-0.3, -0.25) is 4.79 Å². The number of aromatic nitrogens is 2. The molecule has 2 aromatic rings. The first-order valence-corrected chi connectivity index (χ1v) is 7.64. The number of hydrogen-bond donors (Lipinski definition) is 2. The van der Waals surface area contributed by atoms with E-state index >= 15 is 0 Å². The summed E-state index contributed by atoms with van der Waals surface area (Å²) in [6.45, 7) is 5.87. The molecule has 3 rings (SSSR count). The fourth-order valence-corrected chi connectivity index (χ4v) is 2.91. The maximum absolute atomic E-state index is 12.5. The van der Waals surface area contributed by atoms with Crippen molar-refractivity contribution in [3.63, 3.8) is 0 Å². The number of piperidine rings is 1. The van der Waals surface area contributed by atoms with E-state index < -0.39 is 5.54 Å². The molecule has 0 bridgehead atoms. The third-order valence-electron chi connectivity index (χ3n) is 4.34. The highest BCUT2D eigenvalue weighted by atomic mass is 16.2. The van der Waals surface area contributed by atoms with Gasteiger partial charge in [-0.2, -0.15) is 0 Å². The maximum Gasteiger partial charge on any atom is 0.244 e. The molecule has 1 aliphatic rings. The van der Waals surface area contributed by atoms with Crippen molar-refractivity contribution >= 4 is 22.6 Å². The Morgan fingerprint density at radius 1 is 1.48 bits per heavy atom. The quantitative estimate of drug-likeness (QED) is 0.911. The first-order valence-electron chi connectivity index (χ1n) is 7.64. The van der Waals surface area contributed by atoms with E-state index in [4.69, 9.17) is 0 Å². The molecule has 1 saturated heterocycles. The molecular weight excluding hydrogens is 264 g/mol. The van der Waals surface area contributed by atoms with Crippen molar-refractivity contribution in [1.29, 1.82) is 0 Å². The lowest BCUT2D eigenvalue weighted by Crippen LogP contribution is -2.54. The van der Waals surface area contributed by atoms with E-state index in [2.05, 4.69) is 27.1 Å². The molecule has 2 heterocycles. The third kappa shape index (κ3) is 2.65. The van der Waals surface area contributed by atoms with E-state index in [9.17, 15) is 4.79 Å². The zero-order chi connectivity index (χ0) is 14.9. The van der Waals surface area contributed by atoms with Gasteiger partial charge in [0, 0.05) is 12.2 Å². The van der Waals surface area contributed by atoms with Crippen molar-refractivity contribution in [2.75, 3.05) is 11.9 Å². The van der Waals surface area contributed by atoms with Crippen molar-refractivity contribution in [2.45, 2.75) is 45.2 Å². The van der Waals surface area contributed by atoms with E-state index in [0.29, 0.717) is 0 Å². The van der Waals surface area contributed by atoms with Gasteiger partial charge in [-0.05, 0) is 57.9 Å². The summed E-state index contributed by atoms with van der Waals surface area (Å²) in [5, 5.41) is 6.35. The predicted octanol–water partition coefficient (Wildman–Crippen LogP) is 2.53. The molecular formula is C16H22N4O. The van der Waals surface area contributed by atoms with Crippen LogP contribution in [0, 0.1) is 0 Å². The Labute approximate surface area is 124 Å². The molecule has 1 unspecified atom stereocenters. The third-order valence-corrected chi connectivity index (χ3v) is 4.34. The summed E-state index contributed by atoms with van der Waals surface area (Å²) in [4.78, 5) is 16.9. The van der Waals surface area contributed by atoms with Crippen molar-refractivity contribution < 1.29 is 4.79 Å². The summed E-state index contributed by atoms with van der Waals surface area (Å²) >= 11 is 0. The van der Waals surface area contributed by atoms with Gasteiger partial charge in [-0.15, -0.1) is 0 Å². The van der Waals surface area contributed by atoms with Crippen molar-refractivity contribution in [2.24, 2.45) is 0 Å². The van der Waals surface area contributed by atoms with Crippen LogP contribution in [0.2, 0.25) is 0 Å². The lowest BCUT2D eigenvalue weighted by atomic mass is 9.90. The monoisotopic (exact) mass is 286 g/mol. The van der Waals surface area contributed by atoms with Gasteiger partial charge in [-0.25, -0.2) is 4.98 Å². The van der Waals surface area contributed by atoms with Crippen molar-refractivity contribution in [1.82, 2.24) is 14.9 Å². The highest BCUT2D eigenvalue weighted by molar-refractivity contribution is 5.99. The Kier molecular flexibility index (Phi) is 3.68. The molecule has 1 atom stereocenters.